The van der Waals surface area contributed by atoms with Gasteiger partial charge in [-0.1, -0.05) is 48.5 Å². The summed E-state index contributed by atoms with van der Waals surface area (Å²) < 4.78 is 11.0. The van der Waals surface area contributed by atoms with Crippen LogP contribution in [-0.4, -0.2) is 47.6 Å². The molecule has 3 aromatic carbocycles. The summed E-state index contributed by atoms with van der Waals surface area (Å²) in [6.07, 6.45) is 5.32. The van der Waals surface area contributed by atoms with Gasteiger partial charge in [-0.05, 0) is 53.1 Å². The Labute approximate surface area is 242 Å². The first kappa shape index (κ1) is 25.7. The average Bonchev–Trinajstić information content (AvgIpc) is 3.52. The zero-order chi connectivity index (χ0) is 29.0. The second kappa shape index (κ2) is 9.69. The van der Waals surface area contributed by atoms with Crippen LogP contribution in [0.4, 0.5) is 5.69 Å². The van der Waals surface area contributed by atoms with E-state index in [1.807, 2.05) is 65.7 Å². The molecule has 4 atom stereocenters. The van der Waals surface area contributed by atoms with Gasteiger partial charge in [-0.25, -0.2) is 0 Å². The van der Waals surface area contributed by atoms with Gasteiger partial charge >= 0.3 is 0 Å². The number of hydrogen-bond acceptors (Lipinski definition) is 7. The molecule has 208 valence electrons. The molecule has 1 spiro atoms. The summed E-state index contributed by atoms with van der Waals surface area (Å²) >= 11 is 0. The van der Waals surface area contributed by atoms with Crippen molar-refractivity contribution < 1.29 is 23.9 Å². The number of benzene rings is 3. The Morgan fingerprint density at radius 2 is 1.69 bits per heavy atom. The largest absolute Gasteiger partial charge is 0.497 e. The Balaban J connectivity index is 1.54. The zero-order valence-electron chi connectivity index (χ0n) is 23.0. The Kier molecular flexibility index (Phi) is 5.93. The molecule has 8 nitrogen and oxygen atoms in total. The van der Waals surface area contributed by atoms with Crippen LogP contribution in [0.5, 0.6) is 11.5 Å². The highest BCUT2D eigenvalue weighted by molar-refractivity contribution is 6.17. The van der Waals surface area contributed by atoms with Gasteiger partial charge in [-0.15, -0.1) is 0 Å². The van der Waals surface area contributed by atoms with Crippen LogP contribution in [0.2, 0.25) is 0 Å². The van der Waals surface area contributed by atoms with Crippen molar-refractivity contribution in [3.63, 3.8) is 0 Å². The van der Waals surface area contributed by atoms with Crippen LogP contribution >= 0.6 is 0 Å². The molecule has 8 heteroatoms. The predicted molar refractivity (Wildman–Crippen MR) is 157 cm³/mol. The number of para-hydroxylation sites is 1. The van der Waals surface area contributed by atoms with Gasteiger partial charge in [0.15, 0.2) is 5.78 Å². The van der Waals surface area contributed by atoms with E-state index in [0.717, 1.165) is 11.1 Å². The number of hydrogen-bond donors (Lipinski definition) is 1. The number of ether oxygens (including phenoxy) is 2. The first-order chi connectivity index (χ1) is 20.5. The molecule has 42 heavy (non-hydrogen) atoms. The molecule has 3 aliphatic rings. The topological polar surface area (TPSA) is 97.8 Å². The molecule has 1 aromatic heterocycles. The average molecular weight is 558 g/mol. The number of methoxy groups -OCH3 is 2. The normalized spacial score (nSPS) is 23.1. The maximum absolute atomic E-state index is 15.0. The molecule has 0 radical (unpaired) electrons. The molecular formula is C34H27N3O5. The van der Waals surface area contributed by atoms with E-state index in [0.29, 0.717) is 22.7 Å². The number of anilines is 1. The maximum Gasteiger partial charge on any atom is 0.238 e. The lowest BCUT2D eigenvalue weighted by atomic mass is 9.62. The summed E-state index contributed by atoms with van der Waals surface area (Å²) in [7, 11) is 3.01. The summed E-state index contributed by atoms with van der Waals surface area (Å²) in [6.45, 7) is 0. The monoisotopic (exact) mass is 557 g/mol. The van der Waals surface area contributed by atoms with Gasteiger partial charge in [-0.2, -0.15) is 0 Å². The fourth-order valence-corrected chi connectivity index (χ4v) is 7.00. The molecule has 4 heterocycles. The fourth-order valence-electron chi connectivity index (χ4n) is 7.00. The third kappa shape index (κ3) is 3.48. The number of aromatic nitrogens is 1. The van der Waals surface area contributed by atoms with E-state index in [-0.39, 0.29) is 28.7 Å². The van der Waals surface area contributed by atoms with Crippen molar-refractivity contribution in [3.05, 3.63) is 125 Å². The molecule has 0 bridgehead atoms. The highest BCUT2D eigenvalue weighted by Crippen LogP contribution is 2.62. The lowest BCUT2D eigenvalue weighted by Crippen LogP contribution is -2.49. The Morgan fingerprint density at radius 3 is 2.48 bits per heavy atom. The van der Waals surface area contributed by atoms with E-state index in [9.17, 15) is 9.59 Å². The second-order valence-electron chi connectivity index (χ2n) is 10.6. The van der Waals surface area contributed by atoms with Crippen molar-refractivity contribution in [2.75, 3.05) is 19.5 Å². The van der Waals surface area contributed by atoms with Crippen molar-refractivity contribution in [1.29, 1.82) is 0 Å². The van der Waals surface area contributed by atoms with E-state index < -0.39 is 23.4 Å². The molecule has 1 amide bonds. The molecule has 0 aliphatic carbocycles. The number of nitrogens with zero attached hydrogens (tertiary/aromatic N) is 2. The molecular weight excluding hydrogens is 530 g/mol. The number of ketones is 2. The predicted octanol–water partition coefficient (Wildman–Crippen LogP) is 5.08. The van der Waals surface area contributed by atoms with Crippen LogP contribution in [0, 0.1) is 5.92 Å². The third-order valence-electron chi connectivity index (χ3n) is 8.71. The van der Waals surface area contributed by atoms with E-state index in [2.05, 4.69) is 10.3 Å². The minimum absolute atomic E-state index is 0.219. The quantitative estimate of drug-likeness (QED) is 0.330. The van der Waals surface area contributed by atoms with Crippen molar-refractivity contribution in [2.45, 2.75) is 17.5 Å². The van der Waals surface area contributed by atoms with Crippen molar-refractivity contribution in [2.24, 2.45) is 5.92 Å². The molecule has 1 N–H and O–H groups in total. The molecule has 7 rings (SSSR count). The number of carbonyl (C=O) groups is 3. The molecule has 0 saturated carbocycles. The lowest BCUT2D eigenvalue weighted by Gasteiger charge is -2.38. The maximum atomic E-state index is 15.0. The lowest BCUT2D eigenvalue weighted by molar-refractivity contribution is -0.122. The first-order valence-electron chi connectivity index (χ1n) is 13.7. The summed E-state index contributed by atoms with van der Waals surface area (Å²) in [5, 5.41) is 3.06. The fraction of sp³-hybridized carbons (Fsp3) is 0.176. The number of pyridine rings is 1. The molecule has 1 fully saturated rings. The zero-order valence-corrected chi connectivity index (χ0v) is 23.0. The minimum Gasteiger partial charge on any atom is -0.497 e. The minimum atomic E-state index is -1.44. The van der Waals surface area contributed by atoms with Gasteiger partial charge in [0.1, 0.15) is 28.6 Å². The molecule has 3 aliphatic heterocycles. The Hall–Kier alpha value is -5.24. The number of carbonyl (C=O) groups excluding carboxylic acids is 3. The standard InChI is InChI=1S/C34H27N3O5/c1-41-21-14-15-23(27(19-21)42-2)30(38)28-29(31(39)26-13-7-8-17-35-26)37-18-16-20-9-3-4-10-22(20)32(37)34(28)24-11-5-6-12-25(24)36-33(34)40/h3-19,28-29,32H,1-2H3,(H,36,40)/t28-,29-,32+,34+/m0/s1. The number of fused-ring (bicyclic) bond motifs is 6. The number of Topliss-reactive ketones (excluding diaryl/α,β-unsaturated/α-hetero) is 2. The van der Waals surface area contributed by atoms with Crippen LogP contribution in [0.25, 0.3) is 6.08 Å². The van der Waals surface area contributed by atoms with Crippen LogP contribution in [-0.2, 0) is 10.2 Å². The number of rotatable bonds is 6. The summed E-state index contributed by atoms with van der Waals surface area (Å²) in [4.78, 5) is 50.3. The van der Waals surface area contributed by atoms with Crippen LogP contribution in [0.1, 0.15) is 43.6 Å². The van der Waals surface area contributed by atoms with Crippen molar-refractivity contribution in [3.8, 4) is 11.5 Å². The Morgan fingerprint density at radius 1 is 0.905 bits per heavy atom. The van der Waals surface area contributed by atoms with E-state index in [1.54, 1.807) is 42.6 Å². The van der Waals surface area contributed by atoms with Gasteiger partial charge in [0.05, 0.1) is 31.7 Å². The van der Waals surface area contributed by atoms with E-state index >= 15 is 4.79 Å². The number of nitrogens with one attached hydrogen (secondary N) is 1. The van der Waals surface area contributed by atoms with Gasteiger partial charge < -0.3 is 19.7 Å². The summed E-state index contributed by atoms with van der Waals surface area (Å²) in [5.41, 5.74) is 2.14. The highest BCUT2D eigenvalue weighted by atomic mass is 16.5. The van der Waals surface area contributed by atoms with Gasteiger partial charge in [-0.3, -0.25) is 19.4 Å². The highest BCUT2D eigenvalue weighted by Gasteiger charge is 2.71. The second-order valence-corrected chi connectivity index (χ2v) is 10.6. The number of amides is 1. The first-order valence-corrected chi connectivity index (χ1v) is 13.7. The molecule has 1 saturated heterocycles. The smallest absolute Gasteiger partial charge is 0.238 e. The van der Waals surface area contributed by atoms with E-state index in [1.165, 1.54) is 14.2 Å². The van der Waals surface area contributed by atoms with Crippen LogP contribution in [0.3, 0.4) is 0 Å². The molecule has 4 aromatic rings. The van der Waals surface area contributed by atoms with Crippen molar-refractivity contribution in [1.82, 2.24) is 9.88 Å². The Bertz CT molecular complexity index is 1790. The molecule has 0 unspecified atom stereocenters. The van der Waals surface area contributed by atoms with Gasteiger partial charge in [0, 0.05) is 24.2 Å². The third-order valence-corrected chi connectivity index (χ3v) is 8.71. The SMILES string of the molecule is COc1ccc(C(=O)[C@@H]2[C@@H](C(=O)c3ccccn3)N3C=Cc4ccccc4[C@@H]3[C@]23C(=O)Nc2ccccc23)c(OC)c1. The van der Waals surface area contributed by atoms with E-state index in [4.69, 9.17) is 9.47 Å². The summed E-state index contributed by atoms with van der Waals surface area (Å²) in [5.74, 6) is -1.36. The summed E-state index contributed by atoms with van der Waals surface area (Å²) in [6, 6.07) is 23.6. The van der Waals surface area contributed by atoms with Crippen molar-refractivity contribution >= 4 is 29.2 Å². The van der Waals surface area contributed by atoms with Crippen LogP contribution < -0.4 is 14.8 Å². The van der Waals surface area contributed by atoms with Crippen LogP contribution in [0.15, 0.2) is 97.3 Å². The van der Waals surface area contributed by atoms with Gasteiger partial charge in [0.2, 0.25) is 11.7 Å². The van der Waals surface area contributed by atoms with Gasteiger partial charge in [0.25, 0.3) is 0 Å².